The lowest BCUT2D eigenvalue weighted by Gasteiger charge is -2.02. The normalized spacial score (nSPS) is 11.5. The minimum atomic E-state index is 0.607. The molecule has 0 atom stereocenters. The van der Waals surface area contributed by atoms with Gasteiger partial charge in [0.15, 0.2) is 10.7 Å². The molecule has 2 N–H and O–H groups in total. The summed E-state index contributed by atoms with van der Waals surface area (Å²) in [4.78, 5) is 6.99. The predicted octanol–water partition coefficient (Wildman–Crippen LogP) is 2.77. The molecule has 3 aromatic heterocycles. The molecular formula is C13H15N3OS. The van der Waals surface area contributed by atoms with E-state index in [-0.39, 0.29) is 0 Å². The van der Waals surface area contributed by atoms with Crippen molar-refractivity contribution in [2.75, 3.05) is 6.54 Å². The molecule has 94 valence electrons. The predicted molar refractivity (Wildman–Crippen MR) is 73.0 cm³/mol. The largest absolute Gasteiger partial charge is 0.463 e. The highest BCUT2D eigenvalue weighted by atomic mass is 32.1. The molecule has 0 unspecified atom stereocenters. The quantitative estimate of drug-likeness (QED) is 0.788. The Hall–Kier alpha value is -1.59. The zero-order valence-corrected chi connectivity index (χ0v) is 11.3. The summed E-state index contributed by atoms with van der Waals surface area (Å²) in [6.07, 6.45) is 2.47. The summed E-state index contributed by atoms with van der Waals surface area (Å²) in [5, 5.41) is 0. The molecule has 0 radical (unpaired) electrons. The van der Waals surface area contributed by atoms with Crippen molar-refractivity contribution in [1.29, 1.82) is 0 Å². The number of nitrogens with two attached hydrogens (primary N) is 1. The summed E-state index contributed by atoms with van der Waals surface area (Å²) in [7, 11) is 0. The van der Waals surface area contributed by atoms with Crippen LogP contribution >= 0.6 is 11.3 Å². The van der Waals surface area contributed by atoms with Gasteiger partial charge in [-0.2, -0.15) is 0 Å². The fraction of sp³-hybridized carbons (Fsp3) is 0.308. The Morgan fingerprint density at radius 2 is 2.28 bits per heavy atom. The summed E-state index contributed by atoms with van der Waals surface area (Å²) < 4.78 is 7.66. The van der Waals surface area contributed by atoms with Crippen LogP contribution < -0.4 is 5.73 Å². The number of furan rings is 1. The highest BCUT2D eigenvalue weighted by molar-refractivity contribution is 7.17. The molecule has 3 rings (SSSR count). The molecule has 4 nitrogen and oxygen atoms in total. The smallest absolute Gasteiger partial charge is 0.195 e. The molecule has 0 spiro atoms. The van der Waals surface area contributed by atoms with Crippen LogP contribution in [-0.2, 0) is 6.42 Å². The zero-order chi connectivity index (χ0) is 12.7. The second-order valence-electron chi connectivity index (χ2n) is 4.28. The standard InChI is InChI=1S/C13H15N3OS/c1-8-9(2)18-13-15-12(11-4-3-7-17-11)10(5-6-14)16(8)13/h3-4,7H,5-6,14H2,1-2H3. The van der Waals surface area contributed by atoms with E-state index in [1.807, 2.05) is 12.1 Å². The van der Waals surface area contributed by atoms with Crippen molar-refractivity contribution in [2.45, 2.75) is 20.3 Å². The average Bonchev–Trinajstić information content (AvgIpc) is 3.01. The lowest BCUT2D eigenvalue weighted by molar-refractivity contribution is 0.579. The second-order valence-corrected chi connectivity index (χ2v) is 5.47. The van der Waals surface area contributed by atoms with Crippen molar-refractivity contribution in [3.8, 4) is 11.5 Å². The minimum absolute atomic E-state index is 0.607. The number of nitrogens with zero attached hydrogens (tertiary/aromatic N) is 2. The van der Waals surface area contributed by atoms with E-state index in [1.165, 1.54) is 10.6 Å². The van der Waals surface area contributed by atoms with Crippen LogP contribution in [0.1, 0.15) is 16.3 Å². The van der Waals surface area contributed by atoms with E-state index in [0.29, 0.717) is 6.54 Å². The molecule has 3 aromatic rings. The van der Waals surface area contributed by atoms with Crippen molar-refractivity contribution < 1.29 is 4.42 Å². The van der Waals surface area contributed by atoms with Crippen LogP contribution in [0.3, 0.4) is 0 Å². The van der Waals surface area contributed by atoms with Gasteiger partial charge in [-0.05, 0) is 32.5 Å². The molecule has 5 heteroatoms. The summed E-state index contributed by atoms with van der Waals surface area (Å²) >= 11 is 1.71. The number of hydrogen-bond acceptors (Lipinski definition) is 4. The van der Waals surface area contributed by atoms with Crippen molar-refractivity contribution in [3.05, 3.63) is 34.7 Å². The lowest BCUT2D eigenvalue weighted by Crippen LogP contribution is -2.06. The number of aryl methyl sites for hydroxylation is 2. The monoisotopic (exact) mass is 261 g/mol. The van der Waals surface area contributed by atoms with Crippen LogP contribution in [0.25, 0.3) is 16.4 Å². The van der Waals surface area contributed by atoms with Gasteiger partial charge in [0.05, 0.1) is 12.0 Å². The molecule has 0 bridgehead atoms. The van der Waals surface area contributed by atoms with Gasteiger partial charge in [0.1, 0.15) is 5.69 Å². The van der Waals surface area contributed by atoms with Crippen LogP contribution in [-0.4, -0.2) is 15.9 Å². The van der Waals surface area contributed by atoms with Gasteiger partial charge in [0, 0.05) is 17.0 Å². The Balaban J connectivity index is 2.29. The van der Waals surface area contributed by atoms with Gasteiger partial charge < -0.3 is 10.2 Å². The fourth-order valence-electron chi connectivity index (χ4n) is 2.19. The number of imidazole rings is 1. The summed E-state index contributed by atoms with van der Waals surface area (Å²) in [5.74, 6) is 0.811. The third-order valence-corrected chi connectivity index (χ3v) is 4.23. The third-order valence-electron chi connectivity index (χ3n) is 3.17. The molecule has 0 aromatic carbocycles. The maximum atomic E-state index is 5.72. The lowest BCUT2D eigenvalue weighted by atomic mass is 10.2. The molecule has 0 fully saturated rings. The first-order chi connectivity index (χ1) is 8.72. The molecule has 0 aliphatic heterocycles. The first kappa shape index (κ1) is 11.5. The first-order valence-electron chi connectivity index (χ1n) is 5.93. The van der Waals surface area contributed by atoms with E-state index in [0.717, 1.165) is 28.5 Å². The fourth-order valence-corrected chi connectivity index (χ4v) is 3.18. The van der Waals surface area contributed by atoms with Crippen molar-refractivity contribution in [2.24, 2.45) is 5.73 Å². The molecule has 3 heterocycles. The molecule has 0 aliphatic rings. The third kappa shape index (κ3) is 1.59. The van der Waals surface area contributed by atoms with E-state index in [1.54, 1.807) is 17.6 Å². The Morgan fingerprint density at radius 1 is 1.44 bits per heavy atom. The zero-order valence-electron chi connectivity index (χ0n) is 10.4. The molecule has 0 saturated carbocycles. The molecule has 0 aliphatic carbocycles. The van der Waals surface area contributed by atoms with Gasteiger partial charge in [-0.1, -0.05) is 0 Å². The molecule has 18 heavy (non-hydrogen) atoms. The van der Waals surface area contributed by atoms with Gasteiger partial charge in [0.25, 0.3) is 0 Å². The van der Waals surface area contributed by atoms with E-state index in [2.05, 4.69) is 23.2 Å². The van der Waals surface area contributed by atoms with Gasteiger partial charge in [0.2, 0.25) is 0 Å². The van der Waals surface area contributed by atoms with Crippen molar-refractivity contribution in [1.82, 2.24) is 9.38 Å². The number of thiazole rings is 1. The number of aromatic nitrogens is 2. The highest BCUT2D eigenvalue weighted by Gasteiger charge is 2.19. The van der Waals surface area contributed by atoms with Gasteiger partial charge in [-0.15, -0.1) is 11.3 Å². The van der Waals surface area contributed by atoms with Crippen LogP contribution in [0.5, 0.6) is 0 Å². The SMILES string of the molecule is Cc1sc2nc(-c3ccco3)c(CCN)n2c1C. The topological polar surface area (TPSA) is 56.5 Å². The van der Waals surface area contributed by atoms with Gasteiger partial charge in [-0.3, -0.25) is 4.40 Å². The number of rotatable bonds is 3. The average molecular weight is 261 g/mol. The second kappa shape index (κ2) is 4.26. The number of fused-ring (bicyclic) bond motifs is 1. The van der Waals surface area contributed by atoms with Crippen LogP contribution in [0, 0.1) is 13.8 Å². The van der Waals surface area contributed by atoms with Crippen molar-refractivity contribution >= 4 is 16.3 Å². The van der Waals surface area contributed by atoms with Crippen molar-refractivity contribution in [3.63, 3.8) is 0 Å². The molecule has 0 amide bonds. The van der Waals surface area contributed by atoms with E-state index in [9.17, 15) is 0 Å². The first-order valence-corrected chi connectivity index (χ1v) is 6.75. The minimum Gasteiger partial charge on any atom is -0.463 e. The summed E-state index contributed by atoms with van der Waals surface area (Å²) in [6, 6.07) is 3.82. The van der Waals surface area contributed by atoms with E-state index >= 15 is 0 Å². The summed E-state index contributed by atoms with van der Waals surface area (Å²) in [6.45, 7) is 4.84. The Kier molecular flexibility index (Phi) is 2.72. The van der Waals surface area contributed by atoms with Gasteiger partial charge >= 0.3 is 0 Å². The Labute approximate surface area is 109 Å². The van der Waals surface area contributed by atoms with Crippen LogP contribution in [0.4, 0.5) is 0 Å². The summed E-state index contributed by atoms with van der Waals surface area (Å²) in [5.41, 5.74) is 9.02. The molecular weight excluding hydrogens is 246 g/mol. The Bertz CT molecular complexity index is 679. The number of hydrogen-bond donors (Lipinski definition) is 1. The van der Waals surface area contributed by atoms with Crippen LogP contribution in [0.2, 0.25) is 0 Å². The van der Waals surface area contributed by atoms with E-state index in [4.69, 9.17) is 10.2 Å². The molecule has 0 saturated heterocycles. The highest BCUT2D eigenvalue weighted by Crippen LogP contribution is 2.31. The van der Waals surface area contributed by atoms with Gasteiger partial charge in [-0.25, -0.2) is 4.98 Å². The van der Waals surface area contributed by atoms with E-state index < -0.39 is 0 Å². The maximum absolute atomic E-state index is 5.72. The maximum Gasteiger partial charge on any atom is 0.195 e. The van der Waals surface area contributed by atoms with Crippen LogP contribution in [0.15, 0.2) is 22.8 Å². The Morgan fingerprint density at radius 3 is 2.94 bits per heavy atom.